The van der Waals surface area contributed by atoms with Gasteiger partial charge in [0, 0.05) is 16.9 Å². The molecule has 4 nitrogen and oxygen atoms in total. The molecule has 7 heteroatoms. The van der Waals surface area contributed by atoms with Gasteiger partial charge in [-0.3, -0.25) is 0 Å². The van der Waals surface area contributed by atoms with Crippen molar-refractivity contribution >= 4 is 21.8 Å². The molecule has 0 aliphatic heterocycles. The Hall–Kier alpha value is -0.630. The van der Waals surface area contributed by atoms with Crippen LogP contribution in [0.2, 0.25) is 0 Å². The summed E-state index contributed by atoms with van der Waals surface area (Å²) >= 11 is 1.67. The lowest BCUT2D eigenvalue weighted by Gasteiger charge is -2.30. The number of benzene rings is 1. The van der Waals surface area contributed by atoms with E-state index in [9.17, 15) is 12.8 Å². The van der Waals surface area contributed by atoms with E-state index < -0.39 is 22.4 Å². The molecule has 0 radical (unpaired) electrons. The molecule has 2 N–H and O–H groups in total. The van der Waals surface area contributed by atoms with Crippen LogP contribution in [0.25, 0.3) is 0 Å². The van der Waals surface area contributed by atoms with Gasteiger partial charge in [-0.1, -0.05) is 12.8 Å². The maximum absolute atomic E-state index is 13.4. The minimum absolute atomic E-state index is 0.00150. The number of aliphatic hydroxyl groups is 1. The second-order valence-electron chi connectivity index (χ2n) is 5.20. The van der Waals surface area contributed by atoms with Crippen molar-refractivity contribution in [2.24, 2.45) is 0 Å². The molecule has 0 aromatic heterocycles. The minimum atomic E-state index is -3.69. The molecule has 2 rings (SSSR count). The lowest BCUT2D eigenvalue weighted by atomic mass is 9.96. The molecule has 1 aromatic carbocycles. The molecule has 1 aliphatic carbocycles. The zero-order valence-electron chi connectivity index (χ0n) is 11.9. The van der Waals surface area contributed by atoms with E-state index in [1.807, 2.05) is 6.26 Å². The molecule has 0 amide bonds. The maximum Gasteiger partial charge on any atom is 0.240 e. The average Bonchev–Trinajstić information content (AvgIpc) is 2.47. The normalized spacial score (nSPS) is 23.2. The third-order valence-electron chi connectivity index (χ3n) is 3.81. The fourth-order valence-electron chi connectivity index (χ4n) is 2.62. The van der Waals surface area contributed by atoms with Crippen molar-refractivity contribution in [3.05, 3.63) is 29.6 Å². The summed E-state index contributed by atoms with van der Waals surface area (Å²) in [4.78, 5) is -0.00150. The molecule has 0 bridgehead atoms. The minimum Gasteiger partial charge on any atom is -0.392 e. The summed E-state index contributed by atoms with van der Waals surface area (Å²) in [5.41, 5.74) is -0.0112. The van der Waals surface area contributed by atoms with Gasteiger partial charge < -0.3 is 5.11 Å². The van der Waals surface area contributed by atoms with E-state index >= 15 is 0 Å². The van der Waals surface area contributed by atoms with Crippen molar-refractivity contribution < 1.29 is 17.9 Å². The zero-order chi connectivity index (χ0) is 15.5. The highest BCUT2D eigenvalue weighted by Gasteiger charge is 2.29. The third kappa shape index (κ3) is 3.97. The number of nitrogens with one attached hydrogen (secondary N) is 1. The third-order valence-corrected chi connectivity index (χ3v) is 6.47. The first-order valence-corrected chi connectivity index (χ1v) is 9.69. The van der Waals surface area contributed by atoms with E-state index in [1.165, 1.54) is 12.1 Å². The van der Waals surface area contributed by atoms with Crippen LogP contribution < -0.4 is 4.72 Å². The number of sulfonamides is 1. The summed E-state index contributed by atoms with van der Waals surface area (Å²) in [5, 5.41) is 9.32. The quantitative estimate of drug-likeness (QED) is 0.867. The van der Waals surface area contributed by atoms with Crippen LogP contribution >= 0.6 is 11.8 Å². The molecule has 1 fully saturated rings. The van der Waals surface area contributed by atoms with Gasteiger partial charge in [-0.25, -0.2) is 17.5 Å². The molecule has 118 valence electrons. The zero-order valence-corrected chi connectivity index (χ0v) is 13.5. The first-order valence-electron chi connectivity index (χ1n) is 6.92. The van der Waals surface area contributed by atoms with Crippen LogP contribution in [0.5, 0.6) is 0 Å². The van der Waals surface area contributed by atoms with E-state index in [1.54, 1.807) is 11.8 Å². The highest BCUT2D eigenvalue weighted by Crippen LogP contribution is 2.28. The molecule has 1 aromatic rings. The Labute approximate surface area is 129 Å². The topological polar surface area (TPSA) is 66.4 Å². The van der Waals surface area contributed by atoms with Gasteiger partial charge in [-0.05, 0) is 37.3 Å². The Balaban J connectivity index is 2.21. The fraction of sp³-hybridized carbons (Fsp3) is 0.571. The van der Waals surface area contributed by atoms with Gasteiger partial charge in [0.1, 0.15) is 5.82 Å². The molecule has 2 atom stereocenters. The Bertz CT molecular complexity index is 592. The molecule has 0 saturated heterocycles. The Morgan fingerprint density at radius 3 is 2.76 bits per heavy atom. The lowest BCUT2D eigenvalue weighted by Crippen LogP contribution is -2.43. The van der Waals surface area contributed by atoms with Crippen LogP contribution in [0.1, 0.15) is 31.2 Å². The fourth-order valence-corrected chi connectivity index (χ4v) is 5.00. The van der Waals surface area contributed by atoms with Gasteiger partial charge >= 0.3 is 0 Å². The Morgan fingerprint density at radius 2 is 2.10 bits per heavy atom. The van der Waals surface area contributed by atoms with Gasteiger partial charge in [0.25, 0.3) is 0 Å². The number of hydrogen-bond acceptors (Lipinski definition) is 4. The van der Waals surface area contributed by atoms with E-state index in [-0.39, 0.29) is 21.8 Å². The number of aliphatic hydroxyl groups excluding tert-OH is 1. The van der Waals surface area contributed by atoms with Gasteiger partial charge in [-0.2, -0.15) is 11.8 Å². The van der Waals surface area contributed by atoms with Gasteiger partial charge in [0.15, 0.2) is 0 Å². The molecule has 21 heavy (non-hydrogen) atoms. The van der Waals surface area contributed by atoms with Crippen LogP contribution in [0.4, 0.5) is 4.39 Å². The van der Waals surface area contributed by atoms with Crippen LogP contribution in [0.3, 0.4) is 0 Å². The summed E-state index contributed by atoms with van der Waals surface area (Å²) < 4.78 is 40.9. The first kappa shape index (κ1) is 16.7. The van der Waals surface area contributed by atoms with Crippen LogP contribution in [-0.4, -0.2) is 31.1 Å². The van der Waals surface area contributed by atoms with E-state index in [2.05, 4.69) is 4.72 Å². The SMILES string of the molecule is CSC1CCCCC1NS(=O)(=O)c1ccc(F)c(CO)c1. The summed E-state index contributed by atoms with van der Waals surface area (Å²) in [5.74, 6) is -0.601. The average molecular weight is 333 g/mol. The van der Waals surface area contributed by atoms with Gasteiger partial charge in [0.05, 0.1) is 11.5 Å². The van der Waals surface area contributed by atoms with Crippen molar-refractivity contribution in [1.29, 1.82) is 0 Å². The summed E-state index contributed by atoms with van der Waals surface area (Å²) in [6, 6.07) is 3.40. The molecule has 2 unspecified atom stereocenters. The monoisotopic (exact) mass is 333 g/mol. The molecular formula is C14H20FNO3S2. The van der Waals surface area contributed by atoms with Crippen LogP contribution in [0.15, 0.2) is 23.1 Å². The largest absolute Gasteiger partial charge is 0.392 e. The van der Waals surface area contributed by atoms with Crippen molar-refractivity contribution in [2.75, 3.05) is 6.26 Å². The highest BCUT2D eigenvalue weighted by atomic mass is 32.2. The second-order valence-corrected chi connectivity index (χ2v) is 7.99. The predicted octanol–water partition coefficient (Wildman–Crippen LogP) is 2.27. The standard InChI is InChI=1S/C14H20FNO3S2/c1-20-14-5-3-2-4-13(14)16-21(18,19)11-6-7-12(15)10(8-11)9-17/h6-8,13-14,16-17H,2-5,9H2,1H3. The van der Waals surface area contributed by atoms with Crippen molar-refractivity contribution in [3.8, 4) is 0 Å². The number of hydrogen-bond donors (Lipinski definition) is 2. The van der Waals surface area contributed by atoms with Crippen LogP contribution in [0, 0.1) is 5.82 Å². The second kappa shape index (κ2) is 7.09. The molecule has 0 spiro atoms. The number of thioether (sulfide) groups is 1. The first-order chi connectivity index (χ1) is 9.97. The van der Waals surface area contributed by atoms with Crippen molar-refractivity contribution in [2.45, 2.75) is 48.5 Å². The molecule has 1 saturated carbocycles. The van der Waals surface area contributed by atoms with E-state index in [0.717, 1.165) is 31.7 Å². The van der Waals surface area contributed by atoms with Crippen molar-refractivity contribution in [3.63, 3.8) is 0 Å². The summed E-state index contributed by atoms with van der Waals surface area (Å²) in [7, 11) is -3.69. The summed E-state index contributed by atoms with van der Waals surface area (Å²) in [6.45, 7) is -0.522. The molecule has 1 aliphatic rings. The Morgan fingerprint density at radius 1 is 1.38 bits per heavy atom. The van der Waals surface area contributed by atoms with E-state index in [0.29, 0.717) is 0 Å². The maximum atomic E-state index is 13.4. The van der Waals surface area contributed by atoms with E-state index in [4.69, 9.17) is 5.11 Å². The Kier molecular flexibility index (Phi) is 5.65. The van der Waals surface area contributed by atoms with Crippen LogP contribution in [-0.2, 0) is 16.6 Å². The summed E-state index contributed by atoms with van der Waals surface area (Å²) in [6.07, 6.45) is 5.93. The predicted molar refractivity (Wildman–Crippen MR) is 82.2 cm³/mol. The number of halogens is 1. The smallest absolute Gasteiger partial charge is 0.240 e. The number of rotatable bonds is 5. The molecular weight excluding hydrogens is 313 g/mol. The van der Waals surface area contributed by atoms with Gasteiger partial charge in [0.2, 0.25) is 10.0 Å². The molecule has 0 heterocycles. The lowest BCUT2D eigenvalue weighted by molar-refractivity contribution is 0.275. The van der Waals surface area contributed by atoms with Crippen molar-refractivity contribution in [1.82, 2.24) is 4.72 Å². The van der Waals surface area contributed by atoms with Gasteiger partial charge in [-0.15, -0.1) is 0 Å². The highest BCUT2D eigenvalue weighted by molar-refractivity contribution is 7.99.